The number of nitrogens with one attached hydrogen (secondary N) is 1. The van der Waals surface area contributed by atoms with Gasteiger partial charge in [0.2, 0.25) is 0 Å². The van der Waals surface area contributed by atoms with Gasteiger partial charge in [-0.1, -0.05) is 35.3 Å². The van der Waals surface area contributed by atoms with E-state index in [1.807, 2.05) is 0 Å². The number of hydrogen-bond donors (Lipinski definition) is 1. The second-order valence-corrected chi connectivity index (χ2v) is 4.87. The average molecular weight is 302 g/mol. The Morgan fingerprint density at radius 1 is 0.895 bits per heavy atom. The summed E-state index contributed by atoms with van der Waals surface area (Å²) >= 11 is 11.6. The van der Waals surface area contributed by atoms with E-state index < -0.39 is 5.82 Å². The lowest BCUT2D eigenvalue weighted by molar-refractivity contribution is 0.587. The van der Waals surface area contributed by atoms with Gasteiger partial charge in [0, 0.05) is 23.7 Å². The van der Waals surface area contributed by atoms with Crippen molar-refractivity contribution in [1.29, 1.82) is 0 Å². The Kier molecular flexibility index (Phi) is 4.75. The first-order valence-electron chi connectivity index (χ1n) is 5.65. The normalized spacial score (nSPS) is 10.7. The SMILES string of the molecule is Fc1ccc(CNCc2c(F)cccc2Cl)cc1Cl. The molecule has 0 aliphatic rings. The van der Waals surface area contributed by atoms with Crippen LogP contribution in [0.25, 0.3) is 0 Å². The van der Waals surface area contributed by atoms with E-state index >= 15 is 0 Å². The monoisotopic (exact) mass is 301 g/mol. The summed E-state index contributed by atoms with van der Waals surface area (Å²) in [6.07, 6.45) is 0. The largest absolute Gasteiger partial charge is 0.308 e. The van der Waals surface area contributed by atoms with Crippen molar-refractivity contribution in [2.24, 2.45) is 0 Å². The Balaban J connectivity index is 1.98. The highest BCUT2D eigenvalue weighted by molar-refractivity contribution is 6.31. The molecular weight excluding hydrogens is 291 g/mol. The van der Waals surface area contributed by atoms with E-state index in [4.69, 9.17) is 23.2 Å². The van der Waals surface area contributed by atoms with Crippen molar-refractivity contribution < 1.29 is 8.78 Å². The maximum atomic E-state index is 13.5. The van der Waals surface area contributed by atoms with Gasteiger partial charge in [0.05, 0.1) is 5.02 Å². The molecule has 0 saturated heterocycles. The fourth-order valence-electron chi connectivity index (χ4n) is 1.68. The summed E-state index contributed by atoms with van der Waals surface area (Å²) in [5, 5.41) is 3.49. The Morgan fingerprint density at radius 2 is 1.68 bits per heavy atom. The molecule has 2 aromatic rings. The van der Waals surface area contributed by atoms with Crippen LogP contribution < -0.4 is 5.32 Å². The summed E-state index contributed by atoms with van der Waals surface area (Å²) in [4.78, 5) is 0. The Morgan fingerprint density at radius 3 is 2.37 bits per heavy atom. The van der Waals surface area contributed by atoms with Gasteiger partial charge in [-0.2, -0.15) is 0 Å². The lowest BCUT2D eigenvalue weighted by Gasteiger charge is -2.08. The molecule has 1 nitrogen and oxygen atoms in total. The molecule has 0 aliphatic carbocycles. The Labute approximate surface area is 120 Å². The maximum Gasteiger partial charge on any atom is 0.141 e. The summed E-state index contributed by atoms with van der Waals surface area (Å²) < 4.78 is 26.5. The van der Waals surface area contributed by atoms with Crippen molar-refractivity contribution in [3.63, 3.8) is 0 Å². The van der Waals surface area contributed by atoms with E-state index in [1.54, 1.807) is 18.2 Å². The first-order chi connectivity index (χ1) is 9.08. The quantitative estimate of drug-likeness (QED) is 0.873. The molecule has 0 fully saturated rings. The molecule has 0 unspecified atom stereocenters. The van der Waals surface area contributed by atoms with Gasteiger partial charge in [-0.05, 0) is 29.8 Å². The third-order valence-corrected chi connectivity index (χ3v) is 3.32. The van der Waals surface area contributed by atoms with Gasteiger partial charge in [0.1, 0.15) is 11.6 Å². The number of rotatable bonds is 4. The van der Waals surface area contributed by atoms with Gasteiger partial charge in [-0.25, -0.2) is 8.78 Å². The molecule has 5 heteroatoms. The lowest BCUT2D eigenvalue weighted by atomic mass is 10.2. The fraction of sp³-hybridized carbons (Fsp3) is 0.143. The van der Waals surface area contributed by atoms with Crippen molar-refractivity contribution in [3.8, 4) is 0 Å². The maximum absolute atomic E-state index is 13.5. The molecule has 19 heavy (non-hydrogen) atoms. The van der Waals surface area contributed by atoms with Crippen LogP contribution >= 0.6 is 23.2 Å². The van der Waals surface area contributed by atoms with Crippen molar-refractivity contribution in [2.75, 3.05) is 0 Å². The lowest BCUT2D eigenvalue weighted by Crippen LogP contribution is -2.14. The second kappa shape index (κ2) is 6.33. The van der Waals surface area contributed by atoms with Crippen LogP contribution in [-0.4, -0.2) is 0 Å². The molecule has 100 valence electrons. The van der Waals surface area contributed by atoms with Crippen LogP contribution in [0.4, 0.5) is 8.78 Å². The first-order valence-corrected chi connectivity index (χ1v) is 6.41. The summed E-state index contributed by atoms with van der Waals surface area (Å²) in [6.45, 7) is 0.741. The van der Waals surface area contributed by atoms with Crippen LogP contribution in [0.5, 0.6) is 0 Å². The number of benzene rings is 2. The molecule has 0 aliphatic heterocycles. The molecule has 2 rings (SSSR count). The van der Waals surface area contributed by atoms with Crippen LogP contribution in [0.15, 0.2) is 36.4 Å². The molecular formula is C14H11Cl2F2N. The minimum atomic E-state index is -0.456. The molecule has 0 atom stereocenters. The number of halogens is 4. The molecule has 0 heterocycles. The van der Waals surface area contributed by atoms with Crippen LogP contribution in [0, 0.1) is 11.6 Å². The summed E-state index contributed by atoms with van der Waals surface area (Å²) in [6, 6.07) is 9.01. The third-order valence-electron chi connectivity index (χ3n) is 2.68. The molecule has 0 spiro atoms. The van der Waals surface area contributed by atoms with E-state index in [-0.39, 0.29) is 10.8 Å². The van der Waals surface area contributed by atoms with E-state index in [2.05, 4.69) is 5.32 Å². The average Bonchev–Trinajstić information content (AvgIpc) is 2.37. The zero-order valence-corrected chi connectivity index (χ0v) is 11.4. The molecule has 0 amide bonds. The smallest absolute Gasteiger partial charge is 0.141 e. The summed E-state index contributed by atoms with van der Waals surface area (Å²) in [5.41, 5.74) is 1.23. The van der Waals surface area contributed by atoms with Gasteiger partial charge in [-0.15, -0.1) is 0 Å². The third kappa shape index (κ3) is 3.66. The van der Waals surface area contributed by atoms with Crippen molar-refractivity contribution in [3.05, 3.63) is 69.2 Å². The molecule has 0 radical (unpaired) electrons. The molecule has 0 aromatic heterocycles. The van der Waals surface area contributed by atoms with Gasteiger partial charge >= 0.3 is 0 Å². The van der Waals surface area contributed by atoms with Crippen molar-refractivity contribution >= 4 is 23.2 Å². The van der Waals surface area contributed by atoms with Crippen molar-refractivity contribution in [2.45, 2.75) is 13.1 Å². The standard InChI is InChI=1S/C14H11Cl2F2N/c15-11-2-1-3-13(17)10(11)8-19-7-9-4-5-14(18)12(16)6-9/h1-6,19H,7-8H2. The topological polar surface area (TPSA) is 12.0 Å². The van der Waals surface area contributed by atoms with E-state index in [9.17, 15) is 8.78 Å². The highest BCUT2D eigenvalue weighted by Gasteiger charge is 2.06. The van der Waals surface area contributed by atoms with E-state index in [1.165, 1.54) is 18.2 Å². The predicted octanol–water partition coefficient (Wildman–Crippen LogP) is 4.56. The minimum Gasteiger partial charge on any atom is -0.308 e. The van der Waals surface area contributed by atoms with Gasteiger partial charge < -0.3 is 5.32 Å². The highest BCUT2D eigenvalue weighted by Crippen LogP contribution is 2.19. The first kappa shape index (κ1) is 14.3. The Hall–Kier alpha value is -1.16. The molecule has 0 bridgehead atoms. The molecule has 1 N–H and O–H groups in total. The van der Waals surface area contributed by atoms with Gasteiger partial charge in [0.15, 0.2) is 0 Å². The van der Waals surface area contributed by atoms with Crippen LogP contribution in [0.3, 0.4) is 0 Å². The van der Waals surface area contributed by atoms with Crippen LogP contribution in [-0.2, 0) is 13.1 Å². The zero-order chi connectivity index (χ0) is 13.8. The summed E-state index contributed by atoms with van der Waals surface area (Å²) in [5.74, 6) is -0.806. The zero-order valence-electron chi connectivity index (χ0n) is 9.89. The van der Waals surface area contributed by atoms with Gasteiger partial charge in [-0.3, -0.25) is 0 Å². The van der Waals surface area contributed by atoms with Crippen molar-refractivity contribution in [1.82, 2.24) is 5.32 Å². The van der Waals surface area contributed by atoms with Gasteiger partial charge in [0.25, 0.3) is 0 Å². The number of hydrogen-bond acceptors (Lipinski definition) is 1. The molecule has 0 saturated carbocycles. The van der Waals surface area contributed by atoms with Crippen LogP contribution in [0.2, 0.25) is 10.0 Å². The highest BCUT2D eigenvalue weighted by atomic mass is 35.5. The fourth-order valence-corrected chi connectivity index (χ4v) is 2.12. The van der Waals surface area contributed by atoms with E-state index in [0.29, 0.717) is 23.7 Å². The predicted molar refractivity (Wildman–Crippen MR) is 73.4 cm³/mol. The van der Waals surface area contributed by atoms with Crippen LogP contribution in [0.1, 0.15) is 11.1 Å². The minimum absolute atomic E-state index is 0.0724. The van der Waals surface area contributed by atoms with E-state index in [0.717, 1.165) is 5.56 Å². The summed E-state index contributed by atoms with van der Waals surface area (Å²) in [7, 11) is 0. The molecule has 2 aromatic carbocycles. The second-order valence-electron chi connectivity index (χ2n) is 4.05. The Bertz CT molecular complexity index is 567.